The van der Waals surface area contributed by atoms with Crippen LogP contribution in [0.5, 0.6) is 0 Å². The van der Waals surface area contributed by atoms with Crippen LogP contribution in [0, 0.1) is 0 Å². The summed E-state index contributed by atoms with van der Waals surface area (Å²) in [5, 5.41) is 6.38. The largest absolute Gasteiger partial charge is 0.358 e. The van der Waals surface area contributed by atoms with Gasteiger partial charge in [0, 0.05) is 24.5 Å². The van der Waals surface area contributed by atoms with E-state index in [0.717, 1.165) is 31.3 Å². The Balaban J connectivity index is 1.70. The maximum absolute atomic E-state index is 5.66. The van der Waals surface area contributed by atoms with Crippen LogP contribution in [0.25, 0.3) is 0 Å². The number of piperazine rings is 1. The van der Waals surface area contributed by atoms with Gasteiger partial charge in [0.25, 0.3) is 0 Å². The predicted octanol–water partition coefficient (Wildman–Crippen LogP) is 3.11. The lowest BCUT2D eigenvalue weighted by molar-refractivity contribution is 0.150. The lowest BCUT2D eigenvalue weighted by Gasteiger charge is -2.41. The molecule has 1 fully saturated rings. The van der Waals surface area contributed by atoms with Crippen LogP contribution in [0.4, 0.5) is 0 Å². The zero-order valence-corrected chi connectivity index (χ0v) is 14.4. The molecule has 0 saturated carbocycles. The van der Waals surface area contributed by atoms with Crippen LogP contribution in [0.2, 0.25) is 0 Å². The van der Waals surface area contributed by atoms with Gasteiger partial charge in [-0.1, -0.05) is 36.4 Å². The molecule has 5 heteroatoms. The fourth-order valence-electron chi connectivity index (χ4n) is 2.80. The highest BCUT2D eigenvalue weighted by Crippen LogP contribution is 2.25. The third kappa shape index (κ3) is 3.66. The summed E-state index contributed by atoms with van der Waals surface area (Å²) in [7, 11) is 2.18. The molecule has 2 heterocycles. The second-order valence-corrected chi connectivity index (χ2v) is 7.04. The van der Waals surface area contributed by atoms with E-state index in [1.165, 1.54) is 10.4 Å². The number of thiocarbonyl (C=S) groups is 1. The number of thiophene rings is 1. The zero-order valence-electron chi connectivity index (χ0n) is 12.7. The maximum Gasteiger partial charge on any atom is 0.169 e. The molecule has 1 saturated heterocycles. The van der Waals surface area contributed by atoms with Crippen molar-refractivity contribution in [3.8, 4) is 0 Å². The smallest absolute Gasteiger partial charge is 0.169 e. The SMILES string of the molecule is CN1CCN(C(=S)NCc2cccs2)[C@@H](c2ccccc2)C1. The maximum atomic E-state index is 5.66. The molecule has 0 spiro atoms. The van der Waals surface area contributed by atoms with Crippen molar-refractivity contribution in [2.75, 3.05) is 26.7 Å². The van der Waals surface area contributed by atoms with Gasteiger partial charge in [0.2, 0.25) is 0 Å². The first-order valence-electron chi connectivity index (χ1n) is 7.54. The molecule has 0 unspecified atom stereocenters. The second kappa shape index (κ2) is 7.22. The number of nitrogens with zero attached hydrogens (tertiary/aromatic N) is 2. The van der Waals surface area contributed by atoms with E-state index < -0.39 is 0 Å². The molecular formula is C17H21N3S2. The monoisotopic (exact) mass is 331 g/mol. The van der Waals surface area contributed by atoms with Crippen molar-refractivity contribution < 1.29 is 0 Å². The van der Waals surface area contributed by atoms with Crippen LogP contribution >= 0.6 is 23.6 Å². The first-order chi connectivity index (χ1) is 10.7. The van der Waals surface area contributed by atoms with E-state index in [-0.39, 0.29) is 0 Å². The topological polar surface area (TPSA) is 18.5 Å². The third-order valence-electron chi connectivity index (χ3n) is 4.02. The van der Waals surface area contributed by atoms with Crippen molar-refractivity contribution in [1.29, 1.82) is 0 Å². The molecule has 0 radical (unpaired) electrons. The molecule has 1 aliphatic rings. The lowest BCUT2D eigenvalue weighted by atomic mass is 10.0. The Bertz CT molecular complexity index is 598. The van der Waals surface area contributed by atoms with Gasteiger partial charge in [-0.15, -0.1) is 11.3 Å². The van der Waals surface area contributed by atoms with Crippen LogP contribution in [0.1, 0.15) is 16.5 Å². The van der Waals surface area contributed by atoms with E-state index in [4.69, 9.17) is 12.2 Å². The molecule has 22 heavy (non-hydrogen) atoms. The fraction of sp³-hybridized carbons (Fsp3) is 0.353. The summed E-state index contributed by atoms with van der Waals surface area (Å²) in [6, 6.07) is 15.2. The van der Waals surface area contributed by atoms with Gasteiger partial charge in [-0.2, -0.15) is 0 Å². The molecule has 2 aromatic rings. The van der Waals surface area contributed by atoms with Crippen LogP contribution < -0.4 is 5.32 Å². The number of likely N-dealkylation sites (N-methyl/N-ethyl adjacent to an activating group) is 1. The minimum absolute atomic E-state index is 0.322. The van der Waals surface area contributed by atoms with Crippen molar-refractivity contribution in [3.05, 3.63) is 58.3 Å². The fourth-order valence-corrected chi connectivity index (χ4v) is 3.74. The number of nitrogens with one attached hydrogen (secondary N) is 1. The molecule has 1 aromatic heterocycles. The standard InChI is InChI=1S/C17H21N3S2/c1-19-9-10-20(16(13-19)14-6-3-2-4-7-14)17(21)18-12-15-8-5-11-22-15/h2-8,11,16H,9-10,12-13H2,1H3,(H,18,21)/t16-/m1/s1. The average molecular weight is 332 g/mol. The average Bonchev–Trinajstić information content (AvgIpc) is 3.07. The Morgan fingerprint density at radius 1 is 1.23 bits per heavy atom. The van der Waals surface area contributed by atoms with Gasteiger partial charge in [-0.3, -0.25) is 0 Å². The minimum atomic E-state index is 0.322. The number of benzene rings is 1. The Labute approximate surface area is 141 Å². The van der Waals surface area contributed by atoms with E-state index >= 15 is 0 Å². The number of rotatable bonds is 3. The Morgan fingerprint density at radius 2 is 2.05 bits per heavy atom. The summed E-state index contributed by atoms with van der Waals surface area (Å²) in [6.07, 6.45) is 0. The molecule has 3 rings (SSSR count). The number of hydrogen-bond acceptors (Lipinski definition) is 3. The Morgan fingerprint density at radius 3 is 2.77 bits per heavy atom. The highest BCUT2D eigenvalue weighted by Gasteiger charge is 2.28. The molecule has 0 aliphatic carbocycles. The van der Waals surface area contributed by atoms with Crippen molar-refractivity contribution in [1.82, 2.24) is 15.1 Å². The van der Waals surface area contributed by atoms with E-state index in [1.807, 2.05) is 0 Å². The van der Waals surface area contributed by atoms with Crippen LogP contribution in [0.3, 0.4) is 0 Å². The van der Waals surface area contributed by atoms with E-state index in [2.05, 4.69) is 70.0 Å². The van der Waals surface area contributed by atoms with Crippen molar-refractivity contribution in [3.63, 3.8) is 0 Å². The first kappa shape index (κ1) is 15.5. The lowest BCUT2D eigenvalue weighted by Crippen LogP contribution is -2.52. The molecule has 3 nitrogen and oxygen atoms in total. The Hall–Kier alpha value is -1.43. The highest BCUT2D eigenvalue weighted by molar-refractivity contribution is 7.80. The summed E-state index contributed by atoms with van der Waals surface area (Å²) < 4.78 is 0. The third-order valence-corrected chi connectivity index (χ3v) is 5.28. The summed E-state index contributed by atoms with van der Waals surface area (Å²) >= 11 is 7.42. The molecule has 1 atom stereocenters. The molecule has 0 amide bonds. The summed E-state index contributed by atoms with van der Waals surface area (Å²) in [4.78, 5) is 6.02. The van der Waals surface area contributed by atoms with Crippen LogP contribution in [0.15, 0.2) is 47.8 Å². The van der Waals surface area contributed by atoms with Crippen molar-refractivity contribution in [2.24, 2.45) is 0 Å². The van der Waals surface area contributed by atoms with Gasteiger partial charge in [-0.25, -0.2) is 0 Å². The molecule has 1 aromatic carbocycles. The van der Waals surface area contributed by atoms with Gasteiger partial charge < -0.3 is 15.1 Å². The quantitative estimate of drug-likeness (QED) is 0.871. The summed E-state index contributed by atoms with van der Waals surface area (Å²) in [5.74, 6) is 0. The highest BCUT2D eigenvalue weighted by atomic mass is 32.1. The first-order valence-corrected chi connectivity index (χ1v) is 8.83. The molecular weight excluding hydrogens is 310 g/mol. The van der Waals surface area contributed by atoms with E-state index in [1.54, 1.807) is 11.3 Å². The zero-order chi connectivity index (χ0) is 15.4. The predicted molar refractivity (Wildman–Crippen MR) is 97.1 cm³/mol. The summed E-state index contributed by atoms with van der Waals surface area (Å²) in [6.45, 7) is 3.83. The molecule has 1 aliphatic heterocycles. The van der Waals surface area contributed by atoms with Gasteiger partial charge in [0.05, 0.1) is 12.6 Å². The van der Waals surface area contributed by atoms with Gasteiger partial charge in [0.15, 0.2) is 5.11 Å². The number of hydrogen-bond donors (Lipinski definition) is 1. The van der Waals surface area contributed by atoms with Crippen LogP contribution in [-0.2, 0) is 6.54 Å². The molecule has 0 bridgehead atoms. The van der Waals surface area contributed by atoms with E-state index in [9.17, 15) is 0 Å². The van der Waals surface area contributed by atoms with Gasteiger partial charge >= 0.3 is 0 Å². The van der Waals surface area contributed by atoms with Crippen LogP contribution in [-0.4, -0.2) is 41.6 Å². The van der Waals surface area contributed by atoms with Gasteiger partial charge in [0.1, 0.15) is 0 Å². The molecule has 1 N–H and O–H groups in total. The van der Waals surface area contributed by atoms with Gasteiger partial charge in [-0.05, 0) is 36.3 Å². The Kier molecular flexibility index (Phi) is 5.08. The van der Waals surface area contributed by atoms with Crippen molar-refractivity contribution in [2.45, 2.75) is 12.6 Å². The van der Waals surface area contributed by atoms with E-state index in [0.29, 0.717) is 6.04 Å². The second-order valence-electron chi connectivity index (χ2n) is 5.62. The minimum Gasteiger partial charge on any atom is -0.358 e. The molecule has 116 valence electrons. The summed E-state index contributed by atoms with van der Waals surface area (Å²) in [5.41, 5.74) is 1.33. The van der Waals surface area contributed by atoms with Crippen molar-refractivity contribution >= 4 is 28.7 Å². The normalized spacial score (nSPS) is 19.1.